The first-order chi connectivity index (χ1) is 14.9. The van der Waals surface area contributed by atoms with Crippen molar-refractivity contribution in [3.8, 4) is 11.5 Å². The summed E-state index contributed by atoms with van der Waals surface area (Å²) < 4.78 is 12.1. The molecule has 0 aliphatic carbocycles. The van der Waals surface area contributed by atoms with Crippen molar-refractivity contribution in [1.29, 1.82) is 0 Å². The van der Waals surface area contributed by atoms with E-state index in [4.69, 9.17) is 15.2 Å². The van der Waals surface area contributed by atoms with Crippen LogP contribution in [-0.4, -0.2) is 18.0 Å². The van der Waals surface area contributed by atoms with E-state index in [1.807, 2.05) is 78.9 Å². The van der Waals surface area contributed by atoms with E-state index in [1.54, 1.807) is 13.8 Å². The molecule has 0 bridgehead atoms. The van der Waals surface area contributed by atoms with Crippen LogP contribution in [0.5, 0.6) is 11.5 Å². The molecule has 0 aliphatic rings. The number of hydrogen-bond acceptors (Lipinski definition) is 4. The lowest BCUT2D eigenvalue weighted by atomic mass is 10.1. The van der Waals surface area contributed by atoms with E-state index in [0.717, 1.165) is 16.7 Å². The summed E-state index contributed by atoms with van der Waals surface area (Å²) in [6.45, 7) is 4.79. The van der Waals surface area contributed by atoms with Crippen molar-refractivity contribution in [2.45, 2.75) is 39.0 Å². The third kappa shape index (κ3) is 7.15. The normalized spacial score (nSPS) is 11.1. The largest absolute Gasteiger partial charge is 0.485 e. The minimum absolute atomic E-state index is 0.170. The van der Waals surface area contributed by atoms with E-state index < -0.39 is 5.54 Å². The highest BCUT2D eigenvalue weighted by molar-refractivity contribution is 5.85. The average Bonchev–Trinajstić information content (AvgIpc) is 2.77. The molecular formula is C26H30N2O3. The van der Waals surface area contributed by atoms with Crippen LogP contribution in [0.3, 0.4) is 0 Å². The number of ether oxygens (including phenoxy) is 2. The van der Waals surface area contributed by atoms with Gasteiger partial charge in [-0.2, -0.15) is 0 Å². The smallest absolute Gasteiger partial charge is 0.239 e. The Morgan fingerprint density at radius 2 is 1.35 bits per heavy atom. The molecule has 0 fully saturated rings. The Morgan fingerprint density at radius 3 is 1.90 bits per heavy atom. The SMILES string of the molecule is CC(C)(N)C(=O)NCCc1ccc(OCc2ccccc2)c(OCc2ccccc2)c1. The summed E-state index contributed by atoms with van der Waals surface area (Å²) in [5.74, 6) is 1.20. The second kappa shape index (κ2) is 10.6. The predicted molar refractivity (Wildman–Crippen MR) is 123 cm³/mol. The van der Waals surface area contributed by atoms with Gasteiger partial charge in [0.2, 0.25) is 5.91 Å². The molecule has 0 saturated carbocycles. The quantitative estimate of drug-likeness (QED) is 0.516. The van der Waals surface area contributed by atoms with Crippen LogP contribution < -0.4 is 20.5 Å². The van der Waals surface area contributed by atoms with Gasteiger partial charge in [0.05, 0.1) is 5.54 Å². The molecule has 0 atom stereocenters. The molecular weight excluding hydrogens is 388 g/mol. The molecule has 0 saturated heterocycles. The number of hydrogen-bond donors (Lipinski definition) is 2. The fourth-order valence-corrected chi connectivity index (χ4v) is 2.96. The first kappa shape index (κ1) is 22.4. The number of nitrogens with one attached hydrogen (secondary N) is 1. The van der Waals surface area contributed by atoms with E-state index in [-0.39, 0.29) is 5.91 Å². The van der Waals surface area contributed by atoms with Gasteiger partial charge in [0, 0.05) is 6.54 Å². The van der Waals surface area contributed by atoms with Gasteiger partial charge in [0.15, 0.2) is 11.5 Å². The third-order valence-electron chi connectivity index (χ3n) is 4.77. The molecule has 3 aromatic carbocycles. The topological polar surface area (TPSA) is 73.6 Å². The van der Waals surface area contributed by atoms with Crippen molar-refractivity contribution in [3.05, 3.63) is 95.6 Å². The molecule has 5 heteroatoms. The van der Waals surface area contributed by atoms with Crippen LogP contribution in [0.25, 0.3) is 0 Å². The van der Waals surface area contributed by atoms with E-state index in [9.17, 15) is 4.79 Å². The zero-order chi connectivity index (χ0) is 22.1. The number of benzene rings is 3. The number of carbonyl (C=O) groups is 1. The maximum absolute atomic E-state index is 12.0. The van der Waals surface area contributed by atoms with Crippen LogP contribution in [0.4, 0.5) is 0 Å². The highest BCUT2D eigenvalue weighted by Gasteiger charge is 2.21. The molecule has 3 N–H and O–H groups in total. The molecule has 0 heterocycles. The maximum Gasteiger partial charge on any atom is 0.239 e. The van der Waals surface area contributed by atoms with Crippen LogP contribution in [0.15, 0.2) is 78.9 Å². The first-order valence-electron chi connectivity index (χ1n) is 10.5. The van der Waals surface area contributed by atoms with Crippen molar-refractivity contribution < 1.29 is 14.3 Å². The summed E-state index contributed by atoms with van der Waals surface area (Å²) in [6.07, 6.45) is 0.669. The second-order valence-electron chi connectivity index (χ2n) is 8.06. The van der Waals surface area contributed by atoms with Crippen molar-refractivity contribution >= 4 is 5.91 Å². The van der Waals surface area contributed by atoms with Crippen molar-refractivity contribution in [2.24, 2.45) is 5.73 Å². The lowest BCUT2D eigenvalue weighted by Crippen LogP contribution is -2.49. The zero-order valence-electron chi connectivity index (χ0n) is 18.1. The summed E-state index contributed by atoms with van der Waals surface area (Å²) in [5.41, 5.74) is 8.16. The molecule has 0 radical (unpaired) electrons. The van der Waals surface area contributed by atoms with Crippen LogP contribution >= 0.6 is 0 Å². The average molecular weight is 419 g/mol. The van der Waals surface area contributed by atoms with E-state index >= 15 is 0 Å². The standard InChI is InChI=1S/C26H30N2O3/c1-26(2,27)25(29)28-16-15-20-13-14-23(30-18-21-9-5-3-6-10-21)24(17-20)31-19-22-11-7-4-8-12-22/h3-14,17H,15-16,18-19,27H2,1-2H3,(H,28,29). The van der Waals surface area contributed by atoms with Crippen molar-refractivity contribution in [3.63, 3.8) is 0 Å². The molecule has 0 unspecified atom stereocenters. The molecule has 3 rings (SSSR count). The van der Waals surface area contributed by atoms with Crippen LogP contribution in [0, 0.1) is 0 Å². The fraction of sp³-hybridized carbons (Fsp3) is 0.269. The summed E-state index contributed by atoms with van der Waals surface area (Å²) in [5, 5.41) is 2.87. The Bertz CT molecular complexity index is 967. The number of nitrogens with two attached hydrogens (primary N) is 1. The monoisotopic (exact) mass is 418 g/mol. The molecule has 162 valence electrons. The Labute approximate surface area is 184 Å². The fourth-order valence-electron chi connectivity index (χ4n) is 2.96. The Hall–Kier alpha value is -3.31. The lowest BCUT2D eigenvalue weighted by Gasteiger charge is -2.18. The summed E-state index contributed by atoms with van der Waals surface area (Å²) in [6, 6.07) is 25.9. The Kier molecular flexibility index (Phi) is 7.68. The van der Waals surface area contributed by atoms with Crippen molar-refractivity contribution in [2.75, 3.05) is 6.54 Å². The number of amides is 1. The molecule has 1 amide bonds. The molecule has 0 aliphatic heterocycles. The van der Waals surface area contributed by atoms with Gasteiger partial charge in [0.1, 0.15) is 13.2 Å². The highest BCUT2D eigenvalue weighted by atomic mass is 16.5. The number of carbonyl (C=O) groups excluding carboxylic acids is 1. The number of rotatable bonds is 10. The molecule has 0 aromatic heterocycles. The molecule has 31 heavy (non-hydrogen) atoms. The summed E-state index contributed by atoms with van der Waals surface area (Å²) in [4.78, 5) is 12.0. The highest BCUT2D eigenvalue weighted by Crippen LogP contribution is 2.30. The van der Waals surface area contributed by atoms with Crippen LogP contribution in [0.1, 0.15) is 30.5 Å². The predicted octanol–water partition coefficient (Wildman–Crippen LogP) is 4.24. The van der Waals surface area contributed by atoms with E-state index in [0.29, 0.717) is 37.7 Å². The summed E-state index contributed by atoms with van der Waals surface area (Å²) in [7, 11) is 0. The first-order valence-corrected chi connectivity index (χ1v) is 10.5. The van der Waals surface area contributed by atoms with Gasteiger partial charge < -0.3 is 20.5 Å². The molecule has 5 nitrogen and oxygen atoms in total. The zero-order valence-corrected chi connectivity index (χ0v) is 18.1. The van der Waals surface area contributed by atoms with Crippen molar-refractivity contribution in [1.82, 2.24) is 5.32 Å². The van der Waals surface area contributed by atoms with Gasteiger partial charge in [0.25, 0.3) is 0 Å². The third-order valence-corrected chi connectivity index (χ3v) is 4.77. The van der Waals surface area contributed by atoms with Gasteiger partial charge in [-0.3, -0.25) is 4.79 Å². The van der Waals surface area contributed by atoms with Gasteiger partial charge in [-0.25, -0.2) is 0 Å². The molecule has 3 aromatic rings. The lowest BCUT2D eigenvalue weighted by molar-refractivity contribution is -0.125. The van der Waals surface area contributed by atoms with Gasteiger partial charge in [-0.1, -0.05) is 66.7 Å². The van der Waals surface area contributed by atoms with Crippen LogP contribution in [0.2, 0.25) is 0 Å². The second-order valence-corrected chi connectivity index (χ2v) is 8.06. The van der Waals surface area contributed by atoms with Gasteiger partial charge in [-0.15, -0.1) is 0 Å². The van der Waals surface area contributed by atoms with Gasteiger partial charge in [-0.05, 0) is 49.1 Å². The maximum atomic E-state index is 12.0. The minimum atomic E-state index is -0.890. The Morgan fingerprint density at radius 1 is 0.806 bits per heavy atom. The molecule has 0 spiro atoms. The summed E-state index contributed by atoms with van der Waals surface area (Å²) >= 11 is 0. The van der Waals surface area contributed by atoms with Gasteiger partial charge >= 0.3 is 0 Å². The minimum Gasteiger partial charge on any atom is -0.485 e. The Balaban J connectivity index is 1.68. The van der Waals surface area contributed by atoms with Crippen LogP contribution in [-0.2, 0) is 24.4 Å². The van der Waals surface area contributed by atoms with E-state index in [2.05, 4.69) is 5.32 Å². The van der Waals surface area contributed by atoms with E-state index in [1.165, 1.54) is 0 Å².